The molecule has 4 fully saturated rings. The molecule has 0 radical (unpaired) electrons. The summed E-state index contributed by atoms with van der Waals surface area (Å²) in [5, 5.41) is 22.0. The van der Waals surface area contributed by atoms with Crippen molar-refractivity contribution in [2.24, 2.45) is 28.6 Å². The largest absolute Gasteiger partial charge is 0.497 e. The van der Waals surface area contributed by atoms with E-state index in [1.165, 1.54) is 38.5 Å². The van der Waals surface area contributed by atoms with E-state index in [-0.39, 0.29) is 6.42 Å². The van der Waals surface area contributed by atoms with Gasteiger partial charge in [0.1, 0.15) is 23.1 Å². The summed E-state index contributed by atoms with van der Waals surface area (Å²) in [6, 6.07) is 7.43. The number of aromatic nitrogens is 2. The third kappa shape index (κ3) is 5.19. The quantitative estimate of drug-likeness (QED) is 0.356. The lowest BCUT2D eigenvalue weighted by Crippen LogP contribution is -2.46. The predicted molar refractivity (Wildman–Crippen MR) is 143 cm³/mol. The molecular formula is C31H44N2O4. The molecule has 4 bridgehead atoms. The van der Waals surface area contributed by atoms with Crippen LogP contribution >= 0.6 is 0 Å². The Morgan fingerprint density at radius 1 is 1.16 bits per heavy atom. The zero-order valence-corrected chi connectivity index (χ0v) is 22.8. The van der Waals surface area contributed by atoms with Gasteiger partial charge in [-0.1, -0.05) is 25.5 Å². The summed E-state index contributed by atoms with van der Waals surface area (Å²) < 4.78 is 7.44. The smallest absolute Gasteiger partial charge is 0.312 e. The molecule has 37 heavy (non-hydrogen) atoms. The highest BCUT2D eigenvalue weighted by molar-refractivity contribution is 5.75. The van der Waals surface area contributed by atoms with Crippen molar-refractivity contribution in [3.05, 3.63) is 47.5 Å². The molecule has 6 heteroatoms. The number of aliphatic hydroxyl groups excluding tert-OH is 1. The van der Waals surface area contributed by atoms with Gasteiger partial charge in [-0.15, -0.1) is 0 Å². The summed E-state index contributed by atoms with van der Waals surface area (Å²) in [5.41, 5.74) is 0.544. The van der Waals surface area contributed by atoms with Gasteiger partial charge in [-0.2, -0.15) is 0 Å². The molecule has 0 spiro atoms. The van der Waals surface area contributed by atoms with Crippen LogP contribution in [0.25, 0.3) is 0 Å². The fourth-order valence-corrected chi connectivity index (χ4v) is 8.17. The number of benzene rings is 1. The summed E-state index contributed by atoms with van der Waals surface area (Å²) in [6.07, 6.45) is 13.2. The highest BCUT2D eigenvalue weighted by Gasteiger charge is 2.50. The lowest BCUT2D eigenvalue weighted by Gasteiger charge is -2.57. The molecule has 2 aromatic rings. The van der Waals surface area contributed by atoms with Gasteiger partial charge < -0.3 is 19.5 Å². The first-order valence-corrected chi connectivity index (χ1v) is 14.3. The molecule has 4 aliphatic rings. The minimum Gasteiger partial charge on any atom is -0.497 e. The number of carboxylic acid groups (broad SMARTS) is 1. The van der Waals surface area contributed by atoms with Gasteiger partial charge in [-0.3, -0.25) is 4.79 Å². The van der Waals surface area contributed by atoms with Crippen molar-refractivity contribution in [2.45, 2.75) is 97.1 Å². The number of aliphatic hydroxyl groups is 1. The van der Waals surface area contributed by atoms with Crippen LogP contribution in [0.4, 0.5) is 0 Å². The number of ether oxygens (including phenoxy) is 1. The second-order valence-electron chi connectivity index (χ2n) is 12.7. The third-order valence-corrected chi connectivity index (χ3v) is 9.86. The molecule has 1 aromatic heterocycles. The van der Waals surface area contributed by atoms with Crippen molar-refractivity contribution < 1.29 is 19.7 Å². The zero-order valence-electron chi connectivity index (χ0n) is 22.8. The Bertz CT molecular complexity index is 1060. The van der Waals surface area contributed by atoms with Gasteiger partial charge in [-0.05, 0) is 106 Å². The van der Waals surface area contributed by atoms with E-state index >= 15 is 0 Å². The van der Waals surface area contributed by atoms with Crippen LogP contribution in [0.3, 0.4) is 0 Å². The Balaban J connectivity index is 1.40. The Morgan fingerprint density at radius 3 is 2.32 bits per heavy atom. The third-order valence-electron chi connectivity index (χ3n) is 9.86. The van der Waals surface area contributed by atoms with Crippen LogP contribution in [-0.4, -0.2) is 32.8 Å². The van der Waals surface area contributed by atoms with Crippen molar-refractivity contribution in [2.75, 3.05) is 7.11 Å². The fraction of sp³-hybridized carbons (Fsp3) is 0.677. The van der Waals surface area contributed by atoms with Crippen molar-refractivity contribution in [1.29, 1.82) is 0 Å². The molecule has 0 amide bonds. The highest BCUT2D eigenvalue weighted by atomic mass is 16.5. The van der Waals surface area contributed by atoms with Crippen molar-refractivity contribution in [3.63, 3.8) is 0 Å². The van der Waals surface area contributed by atoms with Crippen molar-refractivity contribution >= 4 is 5.97 Å². The molecule has 2 N–H and O–H groups in total. The second kappa shape index (κ2) is 10.4. The average molecular weight is 509 g/mol. The molecule has 0 aliphatic heterocycles. The van der Waals surface area contributed by atoms with Crippen molar-refractivity contribution in [1.82, 2.24) is 9.55 Å². The predicted octanol–water partition coefficient (Wildman–Crippen LogP) is 6.21. The standard InChI is InChI=1S/C31H44N2O4/c1-4-5-6-27-32-20-26(28(34)30(2,29(35)36)16-21-7-9-25(37-3)10-8-21)33(27)12-11-31-17-22-13-23(18-31)15-24(14-22)19-31/h7-10,20,22-24,28,34H,4-6,11-19H2,1-3H3,(H,35,36). The van der Waals surface area contributed by atoms with Gasteiger partial charge in [0.25, 0.3) is 0 Å². The zero-order chi connectivity index (χ0) is 26.2. The summed E-state index contributed by atoms with van der Waals surface area (Å²) >= 11 is 0. The Morgan fingerprint density at radius 2 is 1.78 bits per heavy atom. The van der Waals surface area contributed by atoms with E-state index < -0.39 is 17.5 Å². The van der Waals surface area contributed by atoms with E-state index in [9.17, 15) is 15.0 Å². The van der Waals surface area contributed by atoms with Gasteiger partial charge in [0, 0.05) is 13.0 Å². The van der Waals surface area contributed by atoms with Crippen molar-refractivity contribution in [3.8, 4) is 5.75 Å². The number of carbonyl (C=O) groups is 1. The molecule has 2 unspecified atom stereocenters. The first-order chi connectivity index (χ1) is 17.7. The van der Waals surface area contributed by atoms with Gasteiger partial charge in [0.05, 0.1) is 19.0 Å². The average Bonchev–Trinajstić information content (AvgIpc) is 3.27. The summed E-state index contributed by atoms with van der Waals surface area (Å²) in [6.45, 7) is 4.65. The van der Waals surface area contributed by atoms with Crippen LogP contribution in [0, 0.1) is 28.6 Å². The number of nitrogens with zero attached hydrogens (tertiary/aromatic N) is 2. The maximum atomic E-state index is 12.6. The minimum atomic E-state index is -1.38. The van der Waals surface area contributed by atoms with Crippen LogP contribution in [0.5, 0.6) is 5.75 Å². The lowest BCUT2D eigenvalue weighted by molar-refractivity contribution is -0.155. The molecular weight excluding hydrogens is 464 g/mol. The van der Waals surface area contributed by atoms with E-state index in [4.69, 9.17) is 9.72 Å². The maximum Gasteiger partial charge on any atom is 0.312 e. The summed E-state index contributed by atoms with van der Waals surface area (Å²) in [4.78, 5) is 17.4. The first-order valence-electron chi connectivity index (χ1n) is 14.3. The van der Waals surface area contributed by atoms with Gasteiger partial charge >= 0.3 is 5.97 Å². The van der Waals surface area contributed by atoms with Crippen LogP contribution in [0.1, 0.15) is 94.8 Å². The molecule has 1 aromatic carbocycles. The number of aryl methyl sites for hydroxylation is 1. The second-order valence-corrected chi connectivity index (χ2v) is 12.7. The number of unbranched alkanes of at least 4 members (excludes halogenated alkanes) is 1. The monoisotopic (exact) mass is 508 g/mol. The Kier molecular flexibility index (Phi) is 7.41. The fourth-order valence-electron chi connectivity index (χ4n) is 8.17. The van der Waals surface area contributed by atoms with E-state index in [1.54, 1.807) is 20.2 Å². The normalized spacial score (nSPS) is 28.7. The summed E-state index contributed by atoms with van der Waals surface area (Å²) in [7, 11) is 1.61. The topological polar surface area (TPSA) is 84.6 Å². The van der Waals surface area contributed by atoms with Crippen LogP contribution < -0.4 is 4.74 Å². The molecule has 202 valence electrons. The molecule has 1 heterocycles. The highest BCUT2D eigenvalue weighted by Crippen LogP contribution is 2.61. The molecule has 6 nitrogen and oxygen atoms in total. The Labute approximate surface area is 221 Å². The number of hydrogen-bond donors (Lipinski definition) is 2. The number of imidazole rings is 1. The first kappa shape index (κ1) is 26.3. The SMILES string of the molecule is CCCCc1ncc(C(O)C(C)(Cc2ccc(OC)cc2)C(=O)O)n1CCC12CC3CC(CC(C3)C1)C2. The number of hydrogen-bond acceptors (Lipinski definition) is 4. The molecule has 6 rings (SSSR count). The van der Waals surface area contributed by atoms with E-state index in [0.717, 1.165) is 67.1 Å². The summed E-state index contributed by atoms with van der Waals surface area (Å²) in [5.74, 6) is 3.41. The van der Waals surface area contributed by atoms with E-state index in [0.29, 0.717) is 11.1 Å². The molecule has 0 saturated heterocycles. The van der Waals surface area contributed by atoms with Gasteiger partial charge in [0.15, 0.2) is 0 Å². The lowest BCUT2D eigenvalue weighted by atomic mass is 9.49. The number of methoxy groups -OCH3 is 1. The van der Waals surface area contributed by atoms with Crippen LogP contribution in [0.2, 0.25) is 0 Å². The number of aliphatic carboxylic acids is 1. The molecule has 2 atom stereocenters. The number of rotatable bonds is 12. The molecule has 4 aliphatic carbocycles. The molecule has 4 saturated carbocycles. The van der Waals surface area contributed by atoms with Crippen LogP contribution in [-0.2, 0) is 24.2 Å². The van der Waals surface area contributed by atoms with E-state index in [1.807, 2.05) is 24.3 Å². The van der Waals surface area contributed by atoms with E-state index in [2.05, 4.69) is 11.5 Å². The maximum absolute atomic E-state index is 12.6. The Hall–Kier alpha value is -2.34. The minimum absolute atomic E-state index is 0.220. The van der Waals surface area contributed by atoms with Gasteiger partial charge in [-0.25, -0.2) is 4.98 Å². The number of carboxylic acids is 1. The van der Waals surface area contributed by atoms with Crippen LogP contribution in [0.15, 0.2) is 30.5 Å². The van der Waals surface area contributed by atoms with Gasteiger partial charge in [0.2, 0.25) is 0 Å².